The molecular formula is C22H38O6. The molecule has 0 aromatic rings. The van der Waals surface area contributed by atoms with E-state index in [4.69, 9.17) is 9.78 Å². The van der Waals surface area contributed by atoms with E-state index in [1.54, 1.807) is 0 Å². The summed E-state index contributed by atoms with van der Waals surface area (Å²) in [7, 11) is 0. The topological polar surface area (TPSA) is 71.1 Å². The minimum absolute atomic E-state index is 0.163. The molecule has 6 nitrogen and oxygen atoms in total. The quantitative estimate of drug-likeness (QED) is 0.371. The second kappa shape index (κ2) is 9.57. The molecule has 162 valence electrons. The van der Waals surface area contributed by atoms with Gasteiger partial charge in [-0.05, 0) is 74.0 Å². The van der Waals surface area contributed by atoms with Crippen molar-refractivity contribution in [3.8, 4) is 0 Å². The average Bonchev–Trinajstić information content (AvgIpc) is 2.63. The Morgan fingerprint density at radius 1 is 0.571 bits per heavy atom. The fourth-order valence-corrected chi connectivity index (χ4v) is 4.34. The summed E-state index contributed by atoms with van der Waals surface area (Å²) in [6, 6.07) is 0. The Morgan fingerprint density at radius 3 is 1.11 bits per heavy atom. The van der Waals surface area contributed by atoms with Gasteiger partial charge in [-0.1, -0.05) is 41.5 Å². The van der Waals surface area contributed by atoms with E-state index in [0.29, 0.717) is 11.8 Å². The van der Waals surface area contributed by atoms with E-state index in [1.807, 2.05) is 0 Å². The van der Waals surface area contributed by atoms with Gasteiger partial charge in [-0.3, -0.25) is 9.78 Å². The van der Waals surface area contributed by atoms with Gasteiger partial charge in [-0.15, -0.1) is 0 Å². The number of rotatable bonds is 4. The van der Waals surface area contributed by atoms with E-state index in [2.05, 4.69) is 51.3 Å². The summed E-state index contributed by atoms with van der Waals surface area (Å²) in [5.41, 5.74) is 0.545. The fourth-order valence-electron chi connectivity index (χ4n) is 4.34. The first-order valence-corrected chi connectivity index (χ1v) is 10.7. The molecular weight excluding hydrogens is 360 g/mol. The first-order valence-electron chi connectivity index (χ1n) is 10.7. The van der Waals surface area contributed by atoms with Crippen LogP contribution in [0.4, 0.5) is 0 Å². The van der Waals surface area contributed by atoms with Crippen LogP contribution < -0.4 is 0 Å². The Bertz CT molecular complexity index is 466. The van der Waals surface area contributed by atoms with Crippen molar-refractivity contribution < 1.29 is 29.1 Å². The van der Waals surface area contributed by atoms with Crippen molar-refractivity contribution in [3.05, 3.63) is 0 Å². The van der Waals surface area contributed by atoms with Gasteiger partial charge in [0.2, 0.25) is 0 Å². The van der Waals surface area contributed by atoms with Crippen molar-refractivity contribution in [2.75, 3.05) is 0 Å². The highest BCUT2D eigenvalue weighted by Crippen LogP contribution is 2.39. The van der Waals surface area contributed by atoms with E-state index in [0.717, 1.165) is 51.4 Å². The average molecular weight is 399 g/mol. The summed E-state index contributed by atoms with van der Waals surface area (Å²) in [4.78, 5) is 43.2. The van der Waals surface area contributed by atoms with Gasteiger partial charge in [0.1, 0.15) is 12.2 Å². The van der Waals surface area contributed by atoms with Crippen LogP contribution in [0.5, 0.6) is 0 Å². The van der Waals surface area contributed by atoms with Crippen molar-refractivity contribution >= 4 is 11.9 Å². The van der Waals surface area contributed by atoms with Crippen molar-refractivity contribution in [2.45, 2.75) is 105 Å². The van der Waals surface area contributed by atoms with Crippen molar-refractivity contribution in [3.63, 3.8) is 0 Å². The van der Waals surface area contributed by atoms with E-state index >= 15 is 0 Å². The molecule has 0 aliphatic heterocycles. The zero-order valence-electron chi connectivity index (χ0n) is 18.4. The van der Waals surface area contributed by atoms with Gasteiger partial charge in [-0.25, -0.2) is 9.59 Å². The highest BCUT2D eigenvalue weighted by Gasteiger charge is 2.33. The predicted molar refractivity (Wildman–Crippen MR) is 105 cm³/mol. The summed E-state index contributed by atoms with van der Waals surface area (Å²) in [6.45, 7) is 13.4. The van der Waals surface area contributed by atoms with E-state index in [9.17, 15) is 9.59 Å². The van der Waals surface area contributed by atoms with Gasteiger partial charge >= 0.3 is 11.9 Å². The lowest BCUT2D eigenvalue weighted by atomic mass is 9.72. The molecule has 0 bridgehead atoms. The van der Waals surface area contributed by atoms with Crippen LogP contribution in [0.3, 0.4) is 0 Å². The molecule has 0 spiro atoms. The molecule has 0 saturated heterocycles. The lowest BCUT2D eigenvalue weighted by Crippen LogP contribution is -2.32. The Kier molecular flexibility index (Phi) is 7.91. The Hall–Kier alpha value is -1.14. The summed E-state index contributed by atoms with van der Waals surface area (Å²) in [6.07, 6.45) is 7.04. The zero-order chi connectivity index (χ0) is 20.9. The van der Waals surface area contributed by atoms with Crippen LogP contribution in [0.1, 0.15) is 92.9 Å². The lowest BCUT2D eigenvalue weighted by Gasteiger charge is -2.36. The van der Waals surface area contributed by atoms with Gasteiger partial charge in [0.25, 0.3) is 0 Å². The molecule has 2 saturated carbocycles. The van der Waals surface area contributed by atoms with Crippen LogP contribution in [-0.2, 0) is 29.1 Å². The van der Waals surface area contributed by atoms with Gasteiger partial charge in [0.15, 0.2) is 0 Å². The standard InChI is InChI=1S/C22H38O6/c1-21(2,3)15-7-11-17(12-8-15)25-27-19(23)20(24)28-26-18-13-9-16(10-14-18)22(4,5)6/h15-18H,7-14H2,1-6H3. The molecule has 0 radical (unpaired) electrons. The molecule has 0 atom stereocenters. The zero-order valence-corrected chi connectivity index (χ0v) is 18.4. The minimum Gasteiger partial charge on any atom is -0.285 e. The Balaban J connectivity index is 1.62. The highest BCUT2D eigenvalue weighted by molar-refractivity contribution is 6.29. The maximum Gasteiger partial charge on any atom is 0.453 e. The molecule has 2 rings (SSSR count). The lowest BCUT2D eigenvalue weighted by molar-refractivity contribution is -0.324. The largest absolute Gasteiger partial charge is 0.453 e. The third-order valence-electron chi connectivity index (χ3n) is 6.48. The predicted octanol–water partition coefficient (Wildman–Crippen LogP) is 5.15. The smallest absolute Gasteiger partial charge is 0.285 e. The summed E-state index contributed by atoms with van der Waals surface area (Å²) in [5.74, 6) is -1.06. The summed E-state index contributed by atoms with van der Waals surface area (Å²) in [5, 5.41) is 0. The van der Waals surface area contributed by atoms with Crippen LogP contribution >= 0.6 is 0 Å². The van der Waals surface area contributed by atoms with Gasteiger partial charge < -0.3 is 0 Å². The number of hydrogen-bond acceptors (Lipinski definition) is 6. The molecule has 0 aromatic heterocycles. The van der Waals surface area contributed by atoms with Gasteiger partial charge in [0, 0.05) is 0 Å². The van der Waals surface area contributed by atoms with Gasteiger partial charge in [0.05, 0.1) is 0 Å². The molecule has 2 fully saturated rings. The molecule has 2 aliphatic carbocycles. The Morgan fingerprint density at radius 2 is 0.857 bits per heavy atom. The first-order chi connectivity index (χ1) is 13.0. The third-order valence-corrected chi connectivity index (χ3v) is 6.48. The minimum atomic E-state index is -1.17. The number of carbonyl (C=O) groups excluding carboxylic acids is 2. The third kappa shape index (κ3) is 7.03. The fraction of sp³-hybridized carbons (Fsp3) is 0.909. The SMILES string of the molecule is CC(C)(C)C1CCC(OOC(=O)C(=O)OOC2CCC(C(C)(C)C)CC2)CC1. The van der Waals surface area contributed by atoms with Crippen LogP contribution in [0.15, 0.2) is 0 Å². The molecule has 2 aliphatic rings. The van der Waals surface area contributed by atoms with Crippen molar-refractivity contribution in [2.24, 2.45) is 22.7 Å². The van der Waals surface area contributed by atoms with Crippen LogP contribution in [-0.4, -0.2) is 24.1 Å². The maximum atomic E-state index is 11.8. The maximum absolute atomic E-state index is 11.8. The molecule has 0 unspecified atom stereocenters. The second-order valence-corrected chi connectivity index (χ2v) is 10.6. The van der Waals surface area contributed by atoms with Crippen molar-refractivity contribution in [1.29, 1.82) is 0 Å². The molecule has 0 N–H and O–H groups in total. The molecule has 28 heavy (non-hydrogen) atoms. The first kappa shape index (κ1) is 23.1. The monoisotopic (exact) mass is 398 g/mol. The van der Waals surface area contributed by atoms with Crippen LogP contribution in [0.25, 0.3) is 0 Å². The summed E-state index contributed by atoms with van der Waals surface area (Å²) >= 11 is 0. The normalized spacial score (nSPS) is 29.2. The molecule has 0 heterocycles. The summed E-state index contributed by atoms with van der Waals surface area (Å²) < 4.78 is 0. The second-order valence-electron chi connectivity index (χ2n) is 10.6. The molecule has 0 amide bonds. The molecule has 6 heteroatoms. The Labute approximate surface area is 169 Å². The van der Waals surface area contributed by atoms with E-state index in [-0.39, 0.29) is 23.0 Å². The number of hydrogen-bond donors (Lipinski definition) is 0. The van der Waals surface area contributed by atoms with Crippen LogP contribution in [0, 0.1) is 22.7 Å². The van der Waals surface area contributed by atoms with Crippen LogP contribution in [0.2, 0.25) is 0 Å². The molecule has 0 aromatic carbocycles. The van der Waals surface area contributed by atoms with E-state index in [1.165, 1.54) is 0 Å². The van der Waals surface area contributed by atoms with E-state index < -0.39 is 11.9 Å². The highest BCUT2D eigenvalue weighted by atomic mass is 17.2. The number of carbonyl (C=O) groups is 2. The van der Waals surface area contributed by atoms with Gasteiger partial charge in [-0.2, -0.15) is 9.78 Å². The van der Waals surface area contributed by atoms with Crippen molar-refractivity contribution in [1.82, 2.24) is 0 Å².